The second kappa shape index (κ2) is 11.4. The highest BCUT2D eigenvalue weighted by Crippen LogP contribution is 2.60. The van der Waals surface area contributed by atoms with Crippen molar-refractivity contribution in [2.24, 2.45) is 11.3 Å². The van der Waals surface area contributed by atoms with Gasteiger partial charge in [0.15, 0.2) is 0 Å². The average molecular weight is 583 g/mol. The first-order valence-electron chi connectivity index (χ1n) is 15.7. The number of hydrogen-bond donors (Lipinski definition) is 3. The van der Waals surface area contributed by atoms with Gasteiger partial charge in [0, 0.05) is 29.2 Å². The van der Waals surface area contributed by atoms with Crippen LogP contribution < -0.4 is 14.8 Å². The Morgan fingerprint density at radius 2 is 1.80 bits per heavy atom. The van der Waals surface area contributed by atoms with Crippen LogP contribution in [0.3, 0.4) is 0 Å². The molecule has 1 heterocycles. The Labute approximate surface area is 247 Å². The lowest BCUT2D eigenvalue weighted by Gasteiger charge is -2.39. The molecule has 0 saturated heterocycles. The molecule has 2 aliphatic rings. The molecular weight excluding hydrogens is 540 g/mol. The number of carbonyl (C=O) groups is 1. The molecule has 10 heteroatoms. The number of rotatable bonds is 12. The van der Waals surface area contributed by atoms with Crippen LogP contribution in [0.1, 0.15) is 72.8 Å². The third-order valence-corrected chi connectivity index (χ3v) is 8.71. The number of nitrogens with zero attached hydrogens (tertiary/aromatic N) is 2. The Balaban J connectivity index is 1.40. The van der Waals surface area contributed by atoms with Crippen LogP contribution in [-0.2, 0) is 10.0 Å². The second-order valence-corrected chi connectivity index (χ2v) is 13.0. The fraction of sp³-hybridized carbons (Fsp3) is 0.452. The summed E-state index contributed by atoms with van der Waals surface area (Å²) in [6.45, 7) is 8.17. The quantitative estimate of drug-likeness (QED) is 0.252. The minimum Gasteiger partial charge on any atom is -0.478 e. The fourth-order valence-electron chi connectivity index (χ4n) is 5.33. The standard InChI is InChI=1S/C31H38N4O5S/c1-19(2)13-23(32-24-16-31(17-24)11-12-31)18-40-27-15-26(28-20(3)7-5-8-21(28)4)33-30(34-27)35-41(38,39)25-10-6-9-22(14-25)29(36)37/h5-10,14-15,19,23-24,32H,11-13,16-18H2,1-4H3,(H,36,37)(H,33,34,35)/t23-/m1/s1/i11D2,12D2. The number of nitrogens with one attached hydrogen (secondary N) is 2. The normalized spacial score (nSPS) is 20.7. The van der Waals surface area contributed by atoms with E-state index in [1.54, 1.807) is 6.07 Å². The number of anilines is 1. The van der Waals surface area contributed by atoms with Gasteiger partial charge in [-0.1, -0.05) is 38.1 Å². The maximum absolute atomic E-state index is 13.3. The third kappa shape index (κ3) is 6.87. The fourth-order valence-corrected chi connectivity index (χ4v) is 6.32. The molecule has 3 N–H and O–H groups in total. The smallest absolute Gasteiger partial charge is 0.335 e. The molecule has 2 aromatic carbocycles. The number of carboxylic acid groups (broad SMARTS) is 1. The third-order valence-electron chi connectivity index (χ3n) is 7.38. The highest BCUT2D eigenvalue weighted by molar-refractivity contribution is 7.92. The van der Waals surface area contributed by atoms with E-state index in [-0.39, 0.29) is 41.0 Å². The van der Waals surface area contributed by atoms with E-state index in [4.69, 9.17) is 10.2 Å². The van der Waals surface area contributed by atoms with Crippen LogP contribution in [0.15, 0.2) is 53.4 Å². The van der Waals surface area contributed by atoms with Crippen molar-refractivity contribution in [3.05, 3.63) is 65.2 Å². The molecule has 1 spiro atoms. The first-order valence-corrected chi connectivity index (χ1v) is 15.2. The molecule has 0 bridgehead atoms. The maximum atomic E-state index is 13.3. The van der Waals surface area contributed by atoms with Crippen LogP contribution in [0.4, 0.5) is 5.95 Å². The van der Waals surface area contributed by atoms with Crippen molar-refractivity contribution in [1.29, 1.82) is 0 Å². The van der Waals surface area contributed by atoms with Gasteiger partial charge < -0.3 is 15.2 Å². The van der Waals surface area contributed by atoms with E-state index in [0.29, 0.717) is 24.5 Å². The highest BCUT2D eigenvalue weighted by atomic mass is 32.2. The number of aromatic nitrogens is 2. The van der Waals surface area contributed by atoms with Gasteiger partial charge >= 0.3 is 5.97 Å². The summed E-state index contributed by atoms with van der Waals surface area (Å²) in [6.07, 6.45) is -2.11. The lowest BCUT2D eigenvalue weighted by molar-refractivity contribution is 0.0696. The molecule has 218 valence electrons. The van der Waals surface area contributed by atoms with Crippen LogP contribution in [0.5, 0.6) is 5.88 Å². The summed E-state index contributed by atoms with van der Waals surface area (Å²) in [7, 11) is -4.26. The van der Waals surface area contributed by atoms with Gasteiger partial charge in [-0.3, -0.25) is 0 Å². The predicted molar refractivity (Wildman–Crippen MR) is 158 cm³/mol. The summed E-state index contributed by atoms with van der Waals surface area (Å²) < 4.78 is 67.4. The monoisotopic (exact) mass is 582 g/mol. The average Bonchev–Trinajstić information content (AvgIpc) is 3.29. The second-order valence-electron chi connectivity index (χ2n) is 11.4. The molecule has 5 rings (SSSR count). The molecule has 0 radical (unpaired) electrons. The molecule has 0 unspecified atom stereocenters. The lowest BCUT2D eigenvalue weighted by Crippen LogP contribution is -2.49. The van der Waals surface area contributed by atoms with Crippen molar-refractivity contribution in [1.82, 2.24) is 15.3 Å². The maximum Gasteiger partial charge on any atom is 0.335 e. The minimum absolute atomic E-state index is 0.0514. The Morgan fingerprint density at radius 3 is 2.44 bits per heavy atom. The molecule has 2 fully saturated rings. The van der Waals surface area contributed by atoms with E-state index in [0.717, 1.165) is 29.2 Å². The van der Waals surface area contributed by atoms with Gasteiger partial charge in [0.1, 0.15) is 6.61 Å². The van der Waals surface area contributed by atoms with E-state index in [1.807, 2.05) is 32.0 Å². The molecule has 0 aliphatic heterocycles. The minimum atomic E-state index is -4.26. The number of ether oxygens (including phenoxy) is 1. The van der Waals surface area contributed by atoms with Gasteiger partial charge in [0.05, 0.1) is 16.2 Å². The molecule has 2 saturated carbocycles. The van der Waals surface area contributed by atoms with Crippen LogP contribution in [0.2, 0.25) is 0 Å². The summed E-state index contributed by atoms with van der Waals surface area (Å²) >= 11 is 0. The molecule has 9 nitrogen and oxygen atoms in total. The Hall–Kier alpha value is -3.50. The highest BCUT2D eigenvalue weighted by Gasteiger charge is 2.53. The molecule has 41 heavy (non-hydrogen) atoms. The molecule has 2 aliphatic carbocycles. The van der Waals surface area contributed by atoms with Crippen LogP contribution >= 0.6 is 0 Å². The summed E-state index contributed by atoms with van der Waals surface area (Å²) in [5.74, 6) is -1.06. The zero-order valence-electron chi connectivity index (χ0n) is 27.6. The number of benzene rings is 2. The number of sulfonamides is 1. The van der Waals surface area contributed by atoms with E-state index < -0.39 is 34.2 Å². The van der Waals surface area contributed by atoms with E-state index in [2.05, 4.69) is 33.9 Å². The van der Waals surface area contributed by atoms with E-state index in [1.165, 1.54) is 18.2 Å². The zero-order valence-corrected chi connectivity index (χ0v) is 24.4. The predicted octanol–water partition coefficient (Wildman–Crippen LogP) is 5.59. The number of hydrogen-bond acceptors (Lipinski definition) is 7. The van der Waals surface area contributed by atoms with Crippen LogP contribution in [0, 0.1) is 25.2 Å². The Morgan fingerprint density at radius 1 is 1.12 bits per heavy atom. The van der Waals surface area contributed by atoms with Gasteiger partial charge in [-0.05, 0) is 86.5 Å². The number of aromatic carboxylic acids is 1. The van der Waals surface area contributed by atoms with Gasteiger partial charge in [0.25, 0.3) is 10.0 Å². The largest absolute Gasteiger partial charge is 0.478 e. The van der Waals surface area contributed by atoms with Gasteiger partial charge in [-0.25, -0.2) is 22.9 Å². The van der Waals surface area contributed by atoms with Crippen molar-refractivity contribution in [2.45, 2.75) is 76.7 Å². The van der Waals surface area contributed by atoms with Crippen molar-refractivity contribution in [3.8, 4) is 17.1 Å². The van der Waals surface area contributed by atoms with Crippen molar-refractivity contribution < 1.29 is 28.5 Å². The van der Waals surface area contributed by atoms with E-state index in [9.17, 15) is 18.3 Å². The van der Waals surface area contributed by atoms with Crippen LogP contribution in [-0.4, -0.2) is 48.2 Å². The van der Waals surface area contributed by atoms with Gasteiger partial charge in [-0.2, -0.15) is 4.98 Å². The Bertz CT molecular complexity index is 1690. The molecule has 1 aromatic heterocycles. The van der Waals surface area contributed by atoms with Crippen molar-refractivity contribution in [3.63, 3.8) is 0 Å². The van der Waals surface area contributed by atoms with Crippen molar-refractivity contribution in [2.75, 3.05) is 11.3 Å². The summed E-state index contributed by atoms with van der Waals surface area (Å²) in [6, 6.07) is 12.2. The van der Waals surface area contributed by atoms with Crippen LogP contribution in [0.25, 0.3) is 11.3 Å². The number of aryl methyl sites for hydroxylation is 2. The summed E-state index contributed by atoms with van der Waals surface area (Å²) in [5, 5.41) is 12.8. The van der Waals surface area contributed by atoms with Gasteiger partial charge in [0.2, 0.25) is 11.8 Å². The molecule has 1 atom stereocenters. The number of carboxylic acids is 1. The first-order chi connectivity index (χ1) is 21.0. The Kier molecular flexibility index (Phi) is 6.71. The molecular formula is C31H38N4O5S. The van der Waals surface area contributed by atoms with E-state index >= 15 is 0 Å². The molecule has 3 aromatic rings. The first kappa shape index (κ1) is 24.1. The zero-order chi connectivity index (χ0) is 32.9. The summed E-state index contributed by atoms with van der Waals surface area (Å²) in [4.78, 5) is 20.0. The summed E-state index contributed by atoms with van der Waals surface area (Å²) in [5.41, 5.74) is 1.95. The topological polar surface area (TPSA) is 131 Å². The molecule has 0 amide bonds. The van der Waals surface area contributed by atoms with Gasteiger partial charge in [-0.15, -0.1) is 0 Å². The SMILES string of the molecule is [2H]C1([2H])C([2H])([2H])C12CC(N[C@@H](COc1cc(-c3c(C)cccc3C)nc(NS(=O)(=O)c3cccc(C(=O)O)c3)n1)CC(C)C)C2. The lowest BCUT2D eigenvalue weighted by atomic mass is 9.76. The van der Waals surface area contributed by atoms with Crippen molar-refractivity contribution >= 4 is 21.9 Å².